The first-order valence-electron chi connectivity index (χ1n) is 10.1. The monoisotopic (exact) mass is 469 g/mol. The average Bonchev–Trinajstić information content (AvgIpc) is 3.07. The normalized spacial score (nSPS) is 13.1. The van der Waals surface area contributed by atoms with Gasteiger partial charge in [-0.2, -0.15) is 13.2 Å². The Morgan fingerprint density at radius 3 is 2.18 bits per heavy atom. The third kappa shape index (κ3) is 4.50. The van der Waals surface area contributed by atoms with Crippen LogP contribution < -0.4 is 4.74 Å². The molecule has 0 fully saturated rings. The molecule has 1 aliphatic heterocycles. The Balaban J connectivity index is 1.51. The van der Waals surface area contributed by atoms with Crippen molar-refractivity contribution in [3.63, 3.8) is 0 Å². The van der Waals surface area contributed by atoms with Gasteiger partial charge in [-0.1, -0.05) is 30.3 Å². The van der Waals surface area contributed by atoms with E-state index in [1.54, 1.807) is 30.3 Å². The van der Waals surface area contributed by atoms with Gasteiger partial charge in [-0.15, -0.1) is 0 Å². The summed E-state index contributed by atoms with van der Waals surface area (Å²) in [7, 11) is 1.35. The first-order valence-corrected chi connectivity index (χ1v) is 10.1. The topological polar surface area (TPSA) is 72.9 Å². The molecule has 0 radical (unpaired) electrons. The van der Waals surface area contributed by atoms with Gasteiger partial charge in [0.2, 0.25) is 0 Å². The second-order valence-electron chi connectivity index (χ2n) is 7.55. The molecular formula is C25H18F3NO5. The molecule has 3 aromatic rings. The van der Waals surface area contributed by atoms with Crippen LogP contribution in [0, 0.1) is 0 Å². The number of hydrogen-bond donors (Lipinski definition) is 0. The Morgan fingerprint density at radius 2 is 1.56 bits per heavy atom. The summed E-state index contributed by atoms with van der Waals surface area (Å²) >= 11 is 0. The average molecular weight is 469 g/mol. The molecule has 0 bridgehead atoms. The zero-order chi connectivity index (χ0) is 24.5. The lowest BCUT2D eigenvalue weighted by molar-refractivity contribution is -0.137. The van der Waals surface area contributed by atoms with Crippen LogP contribution in [-0.2, 0) is 24.1 Å². The zero-order valence-electron chi connectivity index (χ0n) is 17.9. The molecule has 4 rings (SSSR count). The highest BCUT2D eigenvalue weighted by Crippen LogP contribution is 2.30. The summed E-state index contributed by atoms with van der Waals surface area (Å²) in [6.45, 7) is -0.460. The summed E-state index contributed by atoms with van der Waals surface area (Å²) in [6, 6.07) is 15.5. The molecule has 0 aromatic heterocycles. The van der Waals surface area contributed by atoms with E-state index < -0.39 is 29.5 Å². The highest BCUT2D eigenvalue weighted by molar-refractivity contribution is 6.21. The number of imide groups is 1. The minimum atomic E-state index is -4.51. The number of fused-ring (bicyclic) bond motifs is 1. The third-order valence-corrected chi connectivity index (χ3v) is 5.33. The van der Waals surface area contributed by atoms with Gasteiger partial charge in [0, 0.05) is 0 Å². The number of halogens is 3. The van der Waals surface area contributed by atoms with Crippen LogP contribution in [0.2, 0.25) is 0 Å². The van der Waals surface area contributed by atoms with Gasteiger partial charge < -0.3 is 9.47 Å². The van der Waals surface area contributed by atoms with E-state index in [9.17, 15) is 27.6 Å². The van der Waals surface area contributed by atoms with Gasteiger partial charge in [0.05, 0.1) is 30.3 Å². The van der Waals surface area contributed by atoms with E-state index in [2.05, 4.69) is 0 Å². The lowest BCUT2D eigenvalue weighted by Gasteiger charge is -2.16. The fourth-order valence-electron chi connectivity index (χ4n) is 3.64. The van der Waals surface area contributed by atoms with Crippen molar-refractivity contribution in [2.45, 2.75) is 19.3 Å². The van der Waals surface area contributed by atoms with E-state index in [0.717, 1.165) is 17.0 Å². The number of carbonyl (C=O) groups excluding carboxylic acids is 3. The first kappa shape index (κ1) is 23.0. The Kier molecular flexibility index (Phi) is 6.10. The number of esters is 1. The van der Waals surface area contributed by atoms with E-state index in [1.807, 2.05) is 0 Å². The van der Waals surface area contributed by atoms with E-state index in [0.29, 0.717) is 16.7 Å². The molecule has 6 nitrogen and oxygen atoms in total. The predicted octanol–water partition coefficient (Wildman–Crippen LogP) is 4.87. The van der Waals surface area contributed by atoms with Crippen molar-refractivity contribution in [2.75, 3.05) is 7.11 Å². The van der Waals surface area contributed by atoms with Crippen LogP contribution in [0.25, 0.3) is 0 Å². The van der Waals surface area contributed by atoms with Crippen molar-refractivity contribution >= 4 is 17.8 Å². The molecule has 0 spiro atoms. The van der Waals surface area contributed by atoms with Crippen molar-refractivity contribution in [3.05, 3.63) is 100 Å². The zero-order valence-corrected chi connectivity index (χ0v) is 17.9. The van der Waals surface area contributed by atoms with Crippen LogP contribution >= 0.6 is 0 Å². The number of alkyl halides is 3. The highest BCUT2D eigenvalue weighted by Gasteiger charge is 2.35. The van der Waals surface area contributed by atoms with Crippen LogP contribution in [0.3, 0.4) is 0 Å². The predicted molar refractivity (Wildman–Crippen MR) is 114 cm³/mol. The van der Waals surface area contributed by atoms with Crippen LogP contribution in [0.15, 0.2) is 66.7 Å². The molecule has 34 heavy (non-hydrogen) atoms. The summed E-state index contributed by atoms with van der Waals surface area (Å²) in [4.78, 5) is 39.0. The van der Waals surface area contributed by atoms with Crippen LogP contribution in [0.1, 0.15) is 47.8 Å². The molecule has 2 amide bonds. The summed E-state index contributed by atoms with van der Waals surface area (Å²) < 4.78 is 49.1. The Labute approximate surface area is 192 Å². The summed E-state index contributed by atoms with van der Waals surface area (Å²) in [5.41, 5.74) is 0.430. The van der Waals surface area contributed by atoms with Gasteiger partial charge in [0.1, 0.15) is 17.9 Å². The van der Waals surface area contributed by atoms with E-state index >= 15 is 0 Å². The smallest absolute Gasteiger partial charge is 0.416 e. The maximum atomic E-state index is 12.9. The molecule has 0 unspecified atom stereocenters. The number of carbonyl (C=O) groups is 3. The molecule has 0 saturated carbocycles. The Morgan fingerprint density at radius 1 is 0.882 bits per heavy atom. The second-order valence-corrected chi connectivity index (χ2v) is 7.55. The SMILES string of the molecule is COc1ccc(CN2C(=O)c3ccccc3C2=O)cc1C(=O)OCc1cccc(C(F)(F)F)c1. The summed E-state index contributed by atoms with van der Waals surface area (Å²) in [5, 5.41) is 0. The molecule has 0 N–H and O–H groups in total. The molecule has 1 aliphatic rings. The van der Waals surface area contributed by atoms with Crippen LogP contribution in [0.4, 0.5) is 13.2 Å². The van der Waals surface area contributed by atoms with Gasteiger partial charge in [0.15, 0.2) is 0 Å². The molecule has 1 heterocycles. The van der Waals surface area contributed by atoms with E-state index in [-0.39, 0.29) is 30.0 Å². The molecule has 3 aromatic carbocycles. The fraction of sp³-hybridized carbons (Fsp3) is 0.160. The minimum Gasteiger partial charge on any atom is -0.496 e. The Bertz CT molecular complexity index is 1250. The maximum absolute atomic E-state index is 12.9. The molecule has 174 valence electrons. The van der Waals surface area contributed by atoms with E-state index in [4.69, 9.17) is 9.47 Å². The van der Waals surface area contributed by atoms with Gasteiger partial charge in [-0.3, -0.25) is 14.5 Å². The number of nitrogens with zero attached hydrogens (tertiary/aromatic N) is 1. The molecular weight excluding hydrogens is 451 g/mol. The van der Waals surface area contributed by atoms with Gasteiger partial charge in [-0.05, 0) is 47.5 Å². The van der Waals surface area contributed by atoms with E-state index in [1.165, 1.54) is 31.4 Å². The Hall–Kier alpha value is -4.14. The highest BCUT2D eigenvalue weighted by atomic mass is 19.4. The number of ether oxygens (including phenoxy) is 2. The maximum Gasteiger partial charge on any atom is 0.416 e. The number of hydrogen-bond acceptors (Lipinski definition) is 5. The fourth-order valence-corrected chi connectivity index (χ4v) is 3.64. The third-order valence-electron chi connectivity index (χ3n) is 5.33. The minimum absolute atomic E-state index is 0.0172. The lowest BCUT2D eigenvalue weighted by Crippen LogP contribution is -2.29. The molecule has 9 heteroatoms. The van der Waals surface area contributed by atoms with Crippen molar-refractivity contribution in [1.29, 1.82) is 0 Å². The van der Waals surface area contributed by atoms with Crippen molar-refractivity contribution in [1.82, 2.24) is 4.90 Å². The second kappa shape index (κ2) is 9.01. The van der Waals surface area contributed by atoms with Crippen LogP contribution in [-0.4, -0.2) is 29.8 Å². The van der Waals surface area contributed by atoms with Crippen LogP contribution in [0.5, 0.6) is 5.75 Å². The molecule has 0 aliphatic carbocycles. The largest absolute Gasteiger partial charge is 0.496 e. The number of methoxy groups -OCH3 is 1. The van der Waals surface area contributed by atoms with Crippen molar-refractivity contribution < 1.29 is 37.0 Å². The summed E-state index contributed by atoms with van der Waals surface area (Å²) in [5.74, 6) is -1.52. The lowest BCUT2D eigenvalue weighted by atomic mass is 10.1. The quantitative estimate of drug-likeness (QED) is 0.381. The van der Waals surface area contributed by atoms with Crippen molar-refractivity contribution in [3.8, 4) is 5.75 Å². The summed E-state index contributed by atoms with van der Waals surface area (Å²) in [6.07, 6.45) is -4.51. The number of benzene rings is 3. The van der Waals surface area contributed by atoms with Crippen molar-refractivity contribution in [2.24, 2.45) is 0 Å². The van der Waals surface area contributed by atoms with Gasteiger partial charge in [0.25, 0.3) is 11.8 Å². The van der Waals surface area contributed by atoms with Gasteiger partial charge >= 0.3 is 12.1 Å². The van der Waals surface area contributed by atoms with Gasteiger partial charge in [-0.25, -0.2) is 4.79 Å². The molecule has 0 saturated heterocycles. The number of amides is 2. The first-order chi connectivity index (χ1) is 16.2. The number of rotatable bonds is 6. The molecule has 0 atom stereocenters. The standard InChI is InChI=1S/C25H18F3NO5/c1-33-21-10-9-15(13-29-22(30)18-7-2-3-8-19(18)23(29)31)12-20(21)24(32)34-14-16-5-4-6-17(11-16)25(26,27)28/h2-12H,13-14H2,1H3.